The Morgan fingerprint density at radius 2 is 1.85 bits per heavy atom. The van der Waals surface area contributed by atoms with Gasteiger partial charge in [-0.3, -0.25) is 0 Å². The summed E-state index contributed by atoms with van der Waals surface area (Å²) in [5.41, 5.74) is 6.26. The van der Waals surface area contributed by atoms with Gasteiger partial charge in [0.1, 0.15) is 0 Å². The zero-order valence-electron chi connectivity index (χ0n) is 11.9. The first-order chi connectivity index (χ1) is 9.23. The molecule has 0 unspecified atom stereocenters. The van der Waals surface area contributed by atoms with E-state index in [-0.39, 0.29) is 16.1 Å². The highest BCUT2D eigenvalue weighted by atomic mass is 35.5. The molecule has 0 heterocycles. The standard InChI is InChI=1S/C14H21ClN2O2S/c1-10-8-11(15)12(16)9-13(10)20(18,19)17-14(2)6-4-3-5-7-14/h8-9,17H,3-7,16H2,1-2H3. The van der Waals surface area contributed by atoms with Gasteiger partial charge in [0, 0.05) is 5.54 Å². The van der Waals surface area contributed by atoms with E-state index >= 15 is 0 Å². The third-order valence-corrected chi connectivity index (χ3v) is 6.03. The van der Waals surface area contributed by atoms with E-state index < -0.39 is 10.0 Å². The molecular formula is C14H21ClN2O2S. The van der Waals surface area contributed by atoms with Crippen LogP contribution in [0.25, 0.3) is 0 Å². The summed E-state index contributed by atoms with van der Waals surface area (Å²) in [7, 11) is -3.58. The van der Waals surface area contributed by atoms with Crippen LogP contribution in [-0.4, -0.2) is 14.0 Å². The molecule has 20 heavy (non-hydrogen) atoms. The molecule has 1 aliphatic rings. The molecule has 0 radical (unpaired) electrons. The van der Waals surface area contributed by atoms with Gasteiger partial charge in [0.05, 0.1) is 15.6 Å². The topological polar surface area (TPSA) is 72.2 Å². The molecule has 0 aliphatic heterocycles. The van der Waals surface area contributed by atoms with Crippen LogP contribution in [0.1, 0.15) is 44.6 Å². The van der Waals surface area contributed by atoms with E-state index in [0.717, 1.165) is 25.7 Å². The molecule has 0 amide bonds. The van der Waals surface area contributed by atoms with Crippen molar-refractivity contribution in [1.29, 1.82) is 0 Å². The lowest BCUT2D eigenvalue weighted by Gasteiger charge is -2.34. The molecule has 1 fully saturated rings. The molecule has 3 N–H and O–H groups in total. The maximum atomic E-state index is 12.6. The summed E-state index contributed by atoms with van der Waals surface area (Å²) >= 11 is 5.92. The highest BCUT2D eigenvalue weighted by Gasteiger charge is 2.32. The number of nitrogens with one attached hydrogen (secondary N) is 1. The molecule has 1 aromatic rings. The number of sulfonamides is 1. The van der Waals surface area contributed by atoms with Crippen molar-refractivity contribution in [2.45, 2.75) is 56.4 Å². The summed E-state index contributed by atoms with van der Waals surface area (Å²) in [5.74, 6) is 0. The SMILES string of the molecule is Cc1cc(Cl)c(N)cc1S(=O)(=O)NC1(C)CCCCC1. The lowest BCUT2D eigenvalue weighted by Crippen LogP contribution is -2.47. The predicted molar refractivity (Wildman–Crippen MR) is 82.4 cm³/mol. The van der Waals surface area contributed by atoms with Crippen LogP contribution in [-0.2, 0) is 10.0 Å². The number of nitrogen functional groups attached to an aromatic ring is 1. The van der Waals surface area contributed by atoms with Gasteiger partial charge in [0.15, 0.2) is 0 Å². The lowest BCUT2D eigenvalue weighted by molar-refractivity contribution is 0.294. The maximum Gasteiger partial charge on any atom is 0.241 e. The van der Waals surface area contributed by atoms with Gasteiger partial charge < -0.3 is 5.73 Å². The number of benzene rings is 1. The van der Waals surface area contributed by atoms with Crippen molar-refractivity contribution < 1.29 is 8.42 Å². The van der Waals surface area contributed by atoms with Crippen LogP contribution in [0.3, 0.4) is 0 Å². The third kappa shape index (κ3) is 3.27. The second kappa shape index (κ2) is 5.54. The fourth-order valence-corrected chi connectivity index (χ4v) is 4.72. The van der Waals surface area contributed by atoms with E-state index in [2.05, 4.69) is 4.72 Å². The molecule has 0 saturated heterocycles. The fourth-order valence-electron chi connectivity index (χ4n) is 2.77. The van der Waals surface area contributed by atoms with Gasteiger partial charge in [-0.1, -0.05) is 30.9 Å². The van der Waals surface area contributed by atoms with E-state index in [4.69, 9.17) is 17.3 Å². The smallest absolute Gasteiger partial charge is 0.241 e. The first kappa shape index (κ1) is 15.6. The summed E-state index contributed by atoms with van der Waals surface area (Å²) in [6.07, 6.45) is 5.02. The number of nitrogens with two attached hydrogens (primary N) is 1. The Bertz CT molecular complexity index is 608. The molecule has 4 nitrogen and oxygen atoms in total. The van der Waals surface area contributed by atoms with Gasteiger partial charge in [0.25, 0.3) is 0 Å². The summed E-state index contributed by atoms with van der Waals surface area (Å²) in [4.78, 5) is 0.214. The molecule has 0 aromatic heterocycles. The number of hydrogen-bond donors (Lipinski definition) is 2. The highest BCUT2D eigenvalue weighted by molar-refractivity contribution is 7.89. The maximum absolute atomic E-state index is 12.6. The van der Waals surface area contributed by atoms with Gasteiger partial charge in [-0.2, -0.15) is 0 Å². The molecule has 0 bridgehead atoms. The Kier molecular flexibility index (Phi) is 4.33. The lowest BCUT2D eigenvalue weighted by atomic mass is 9.84. The zero-order chi connectivity index (χ0) is 15.0. The van der Waals surface area contributed by atoms with E-state index in [1.54, 1.807) is 13.0 Å². The molecule has 0 atom stereocenters. The van der Waals surface area contributed by atoms with Gasteiger partial charge >= 0.3 is 0 Å². The molecule has 1 aliphatic carbocycles. The van der Waals surface area contributed by atoms with E-state index in [0.29, 0.717) is 10.6 Å². The van der Waals surface area contributed by atoms with Crippen molar-refractivity contribution in [3.05, 3.63) is 22.7 Å². The fraction of sp³-hybridized carbons (Fsp3) is 0.571. The molecule has 6 heteroatoms. The van der Waals surface area contributed by atoms with Crippen molar-refractivity contribution in [2.75, 3.05) is 5.73 Å². The normalized spacial score (nSPS) is 18.9. The van der Waals surface area contributed by atoms with E-state index in [1.165, 1.54) is 12.5 Å². The number of aryl methyl sites for hydroxylation is 1. The molecular weight excluding hydrogens is 296 g/mol. The van der Waals surface area contributed by atoms with Crippen LogP contribution in [0, 0.1) is 6.92 Å². The van der Waals surface area contributed by atoms with Crippen molar-refractivity contribution in [3.63, 3.8) is 0 Å². The summed E-state index contributed by atoms with van der Waals surface area (Å²) < 4.78 is 28.0. The minimum atomic E-state index is -3.58. The molecule has 0 spiro atoms. The van der Waals surface area contributed by atoms with Crippen LogP contribution >= 0.6 is 11.6 Å². The third-order valence-electron chi connectivity index (χ3n) is 3.92. The Hall–Kier alpha value is -0.780. The van der Waals surface area contributed by atoms with Crippen LogP contribution in [0.15, 0.2) is 17.0 Å². The highest BCUT2D eigenvalue weighted by Crippen LogP contribution is 2.31. The Balaban J connectivity index is 2.33. The second-order valence-corrected chi connectivity index (χ2v) is 7.92. The van der Waals surface area contributed by atoms with Gasteiger partial charge in [-0.25, -0.2) is 13.1 Å². The Morgan fingerprint density at radius 3 is 2.45 bits per heavy atom. The van der Waals surface area contributed by atoms with Crippen molar-refractivity contribution in [1.82, 2.24) is 4.72 Å². The van der Waals surface area contributed by atoms with Crippen molar-refractivity contribution in [3.8, 4) is 0 Å². The molecule has 1 saturated carbocycles. The quantitative estimate of drug-likeness (QED) is 0.841. The predicted octanol–water partition coefficient (Wildman–Crippen LogP) is 3.23. The first-order valence-electron chi connectivity index (χ1n) is 6.83. The Morgan fingerprint density at radius 1 is 1.25 bits per heavy atom. The number of anilines is 1. The summed E-state index contributed by atoms with van der Waals surface area (Å²) in [5, 5.41) is 0.380. The molecule has 1 aromatic carbocycles. The summed E-state index contributed by atoms with van der Waals surface area (Å²) in [6, 6.07) is 3.03. The average Bonchev–Trinajstić information content (AvgIpc) is 2.33. The average molecular weight is 317 g/mol. The zero-order valence-corrected chi connectivity index (χ0v) is 13.4. The van der Waals surface area contributed by atoms with Crippen LogP contribution in [0.4, 0.5) is 5.69 Å². The second-order valence-electron chi connectivity index (χ2n) is 5.87. The van der Waals surface area contributed by atoms with Crippen molar-refractivity contribution >= 4 is 27.3 Å². The van der Waals surface area contributed by atoms with E-state index in [9.17, 15) is 8.42 Å². The van der Waals surface area contributed by atoms with Gasteiger partial charge in [0.2, 0.25) is 10.0 Å². The number of rotatable bonds is 3. The molecule has 2 rings (SSSR count). The van der Waals surface area contributed by atoms with Crippen LogP contribution < -0.4 is 10.5 Å². The van der Waals surface area contributed by atoms with Gasteiger partial charge in [-0.15, -0.1) is 0 Å². The largest absolute Gasteiger partial charge is 0.397 e. The van der Waals surface area contributed by atoms with Crippen molar-refractivity contribution in [2.24, 2.45) is 0 Å². The van der Waals surface area contributed by atoms with Crippen LogP contribution in [0.5, 0.6) is 0 Å². The van der Waals surface area contributed by atoms with Gasteiger partial charge in [-0.05, 0) is 44.4 Å². The minimum Gasteiger partial charge on any atom is -0.397 e. The minimum absolute atomic E-state index is 0.214. The van der Waals surface area contributed by atoms with E-state index in [1.807, 2.05) is 6.92 Å². The first-order valence-corrected chi connectivity index (χ1v) is 8.69. The number of halogens is 1. The number of hydrogen-bond acceptors (Lipinski definition) is 3. The Labute approximate surface area is 125 Å². The van der Waals surface area contributed by atoms with Crippen LogP contribution in [0.2, 0.25) is 5.02 Å². The monoisotopic (exact) mass is 316 g/mol. The summed E-state index contributed by atoms with van der Waals surface area (Å²) in [6.45, 7) is 3.70. The molecule has 112 valence electrons.